The van der Waals surface area contributed by atoms with Crippen LogP contribution in [-0.4, -0.2) is 32.9 Å². The molecule has 7 heteroatoms. The van der Waals surface area contributed by atoms with Crippen molar-refractivity contribution in [2.24, 2.45) is 0 Å². The first-order valence-electron chi connectivity index (χ1n) is 8.90. The highest BCUT2D eigenvalue weighted by molar-refractivity contribution is 7.89. The molecule has 0 spiro atoms. The number of aromatic amines is 1. The average molecular weight is 383 g/mol. The molecule has 4 rings (SSSR count). The number of amides is 1. The molecule has 3 aromatic rings. The third-order valence-corrected chi connectivity index (χ3v) is 6.52. The summed E-state index contributed by atoms with van der Waals surface area (Å²) in [6.45, 7) is 0.319. The second-order valence-corrected chi connectivity index (χ2v) is 8.52. The van der Waals surface area contributed by atoms with Gasteiger partial charge < -0.3 is 9.88 Å². The molecule has 0 bridgehead atoms. The molecule has 1 aromatic heterocycles. The summed E-state index contributed by atoms with van der Waals surface area (Å²) < 4.78 is 28.0. The van der Waals surface area contributed by atoms with Crippen LogP contribution < -0.4 is 9.62 Å². The molecular weight excluding hydrogens is 362 g/mol. The summed E-state index contributed by atoms with van der Waals surface area (Å²) in [5.74, 6) is 0.0509. The number of hydrogen-bond acceptors (Lipinski definition) is 3. The van der Waals surface area contributed by atoms with Gasteiger partial charge in [-0.25, -0.2) is 13.1 Å². The maximum absolute atomic E-state index is 12.7. The van der Waals surface area contributed by atoms with Gasteiger partial charge in [0.1, 0.15) is 0 Å². The number of para-hydroxylation sites is 1. The van der Waals surface area contributed by atoms with Crippen LogP contribution in [0.2, 0.25) is 0 Å². The highest BCUT2D eigenvalue weighted by Gasteiger charge is 2.23. The first-order valence-corrected chi connectivity index (χ1v) is 10.4. The Morgan fingerprint density at radius 1 is 1.15 bits per heavy atom. The highest BCUT2D eigenvalue weighted by atomic mass is 32.2. The number of fused-ring (bicyclic) bond motifs is 2. The van der Waals surface area contributed by atoms with E-state index in [1.807, 2.05) is 30.5 Å². The zero-order chi connectivity index (χ0) is 19.0. The lowest BCUT2D eigenvalue weighted by Gasteiger charge is -2.26. The van der Waals surface area contributed by atoms with Crippen molar-refractivity contribution in [2.45, 2.75) is 24.2 Å². The quantitative estimate of drug-likeness (QED) is 0.710. The van der Waals surface area contributed by atoms with Crippen LogP contribution in [0.4, 0.5) is 5.69 Å². The molecule has 0 saturated carbocycles. The van der Waals surface area contributed by atoms with Crippen LogP contribution >= 0.6 is 0 Å². The fourth-order valence-electron chi connectivity index (χ4n) is 3.54. The molecule has 2 N–H and O–H groups in total. The SMILES string of the molecule is CN1C(=O)CCc2cc(S(=O)(=O)NCCc3c[nH]c4ccccc34)ccc21. The van der Waals surface area contributed by atoms with Crippen molar-refractivity contribution in [3.8, 4) is 0 Å². The predicted octanol–water partition coefficient (Wildman–Crippen LogP) is 2.60. The molecule has 27 heavy (non-hydrogen) atoms. The molecule has 0 saturated heterocycles. The summed E-state index contributed by atoms with van der Waals surface area (Å²) in [5.41, 5.74) is 3.79. The van der Waals surface area contributed by atoms with E-state index < -0.39 is 10.0 Å². The van der Waals surface area contributed by atoms with Gasteiger partial charge in [0.2, 0.25) is 15.9 Å². The van der Waals surface area contributed by atoms with Crippen molar-refractivity contribution in [3.63, 3.8) is 0 Å². The van der Waals surface area contributed by atoms with Crippen molar-refractivity contribution in [3.05, 3.63) is 59.8 Å². The van der Waals surface area contributed by atoms with E-state index in [4.69, 9.17) is 0 Å². The van der Waals surface area contributed by atoms with Crippen LogP contribution in [0.3, 0.4) is 0 Å². The Bertz CT molecular complexity index is 1120. The van der Waals surface area contributed by atoms with E-state index in [9.17, 15) is 13.2 Å². The van der Waals surface area contributed by atoms with Crippen LogP contribution in [0.1, 0.15) is 17.5 Å². The first-order chi connectivity index (χ1) is 13.0. The Hall–Kier alpha value is -2.64. The molecule has 0 fully saturated rings. The van der Waals surface area contributed by atoms with Gasteiger partial charge in [-0.05, 0) is 48.2 Å². The minimum absolute atomic E-state index is 0.0509. The Balaban J connectivity index is 1.48. The topological polar surface area (TPSA) is 82.3 Å². The van der Waals surface area contributed by atoms with E-state index in [2.05, 4.69) is 9.71 Å². The number of carbonyl (C=O) groups excluding carboxylic acids is 1. The Morgan fingerprint density at radius 2 is 1.96 bits per heavy atom. The normalized spacial score (nSPS) is 14.6. The fourth-order valence-corrected chi connectivity index (χ4v) is 4.62. The summed E-state index contributed by atoms with van der Waals surface area (Å²) in [4.78, 5) is 16.8. The average Bonchev–Trinajstić information content (AvgIpc) is 3.08. The Kier molecular flexibility index (Phi) is 4.49. The van der Waals surface area contributed by atoms with Crippen molar-refractivity contribution < 1.29 is 13.2 Å². The van der Waals surface area contributed by atoms with Gasteiger partial charge in [0.05, 0.1) is 4.90 Å². The van der Waals surface area contributed by atoms with Gasteiger partial charge in [-0.1, -0.05) is 18.2 Å². The molecule has 0 atom stereocenters. The predicted molar refractivity (Wildman–Crippen MR) is 105 cm³/mol. The maximum atomic E-state index is 12.7. The molecule has 1 aliphatic heterocycles. The van der Waals surface area contributed by atoms with Gasteiger partial charge in [-0.2, -0.15) is 0 Å². The third kappa shape index (κ3) is 3.36. The number of aryl methyl sites for hydroxylation is 1. The van der Waals surface area contributed by atoms with Crippen LogP contribution in [0.5, 0.6) is 0 Å². The largest absolute Gasteiger partial charge is 0.361 e. The smallest absolute Gasteiger partial charge is 0.240 e. The Labute approximate surface area is 158 Å². The molecular formula is C20H21N3O3S. The number of carbonyl (C=O) groups is 1. The van der Waals surface area contributed by atoms with Gasteiger partial charge >= 0.3 is 0 Å². The van der Waals surface area contributed by atoms with Gasteiger partial charge in [0.25, 0.3) is 0 Å². The zero-order valence-corrected chi connectivity index (χ0v) is 15.8. The van der Waals surface area contributed by atoms with E-state index in [0.717, 1.165) is 27.7 Å². The molecule has 2 aromatic carbocycles. The van der Waals surface area contributed by atoms with Crippen LogP contribution in [-0.2, 0) is 27.7 Å². The molecule has 6 nitrogen and oxygen atoms in total. The maximum Gasteiger partial charge on any atom is 0.240 e. The second-order valence-electron chi connectivity index (χ2n) is 6.75. The summed E-state index contributed by atoms with van der Waals surface area (Å²) in [6.07, 6.45) is 3.49. The van der Waals surface area contributed by atoms with E-state index in [0.29, 0.717) is 25.8 Å². The minimum Gasteiger partial charge on any atom is -0.361 e. The molecule has 0 unspecified atom stereocenters. The summed E-state index contributed by atoms with van der Waals surface area (Å²) in [5, 5.41) is 1.11. The molecule has 1 aliphatic rings. The molecule has 2 heterocycles. The third-order valence-electron chi connectivity index (χ3n) is 5.07. The standard InChI is InChI=1S/C20H21N3O3S/c1-23-19-8-7-16(12-14(19)6-9-20(23)24)27(25,26)22-11-10-15-13-21-18-5-3-2-4-17(15)18/h2-5,7-8,12-13,21-22H,6,9-11H2,1H3. The number of rotatable bonds is 5. The lowest BCUT2D eigenvalue weighted by atomic mass is 10.0. The van der Waals surface area contributed by atoms with Crippen molar-refractivity contribution in [1.29, 1.82) is 0 Å². The highest BCUT2D eigenvalue weighted by Crippen LogP contribution is 2.29. The van der Waals surface area contributed by atoms with E-state index in [1.165, 1.54) is 0 Å². The number of H-pyrrole nitrogens is 1. The fraction of sp³-hybridized carbons (Fsp3) is 0.250. The van der Waals surface area contributed by atoms with Gasteiger partial charge in [0, 0.05) is 42.8 Å². The minimum atomic E-state index is -3.59. The number of anilines is 1. The number of benzene rings is 2. The van der Waals surface area contributed by atoms with Crippen LogP contribution in [0.25, 0.3) is 10.9 Å². The van der Waals surface area contributed by atoms with Crippen LogP contribution in [0, 0.1) is 0 Å². The van der Waals surface area contributed by atoms with Crippen molar-refractivity contribution in [2.75, 3.05) is 18.5 Å². The lowest BCUT2D eigenvalue weighted by molar-refractivity contribution is -0.118. The Morgan fingerprint density at radius 3 is 2.81 bits per heavy atom. The number of hydrogen-bond donors (Lipinski definition) is 2. The summed E-state index contributed by atoms with van der Waals surface area (Å²) in [7, 11) is -1.88. The summed E-state index contributed by atoms with van der Waals surface area (Å²) >= 11 is 0. The van der Waals surface area contributed by atoms with E-state index in [-0.39, 0.29) is 10.8 Å². The number of nitrogens with zero attached hydrogens (tertiary/aromatic N) is 1. The molecule has 140 valence electrons. The number of nitrogens with one attached hydrogen (secondary N) is 2. The van der Waals surface area contributed by atoms with Gasteiger partial charge in [0.15, 0.2) is 0 Å². The second kappa shape index (κ2) is 6.83. The molecule has 1 amide bonds. The molecule has 0 aliphatic carbocycles. The van der Waals surface area contributed by atoms with E-state index >= 15 is 0 Å². The zero-order valence-electron chi connectivity index (χ0n) is 15.0. The number of sulfonamides is 1. The molecule has 0 radical (unpaired) electrons. The van der Waals surface area contributed by atoms with Gasteiger partial charge in [-0.3, -0.25) is 4.79 Å². The monoisotopic (exact) mass is 383 g/mol. The van der Waals surface area contributed by atoms with Gasteiger partial charge in [-0.15, -0.1) is 0 Å². The first kappa shape index (κ1) is 17.8. The number of aromatic nitrogens is 1. The van der Waals surface area contributed by atoms with Crippen LogP contribution in [0.15, 0.2) is 53.6 Å². The van der Waals surface area contributed by atoms with Crippen molar-refractivity contribution >= 4 is 32.5 Å². The van der Waals surface area contributed by atoms with E-state index in [1.54, 1.807) is 30.1 Å². The van der Waals surface area contributed by atoms with Crippen molar-refractivity contribution in [1.82, 2.24) is 9.71 Å². The summed E-state index contributed by atoms with van der Waals surface area (Å²) in [6, 6.07) is 12.9. The lowest BCUT2D eigenvalue weighted by Crippen LogP contribution is -2.31.